The van der Waals surface area contributed by atoms with E-state index in [1.165, 1.54) is 60.4 Å². The number of esters is 1. The van der Waals surface area contributed by atoms with Gasteiger partial charge in [-0.1, -0.05) is 17.7 Å². The maximum atomic E-state index is 13.2. The molecule has 13 nitrogen and oxygen atoms in total. The minimum atomic E-state index is -1.05. The van der Waals surface area contributed by atoms with Crippen LogP contribution in [0.15, 0.2) is 41.5 Å². The summed E-state index contributed by atoms with van der Waals surface area (Å²) in [6.07, 6.45) is 10.4. The first kappa shape index (κ1) is 27.7. The summed E-state index contributed by atoms with van der Waals surface area (Å²) in [4.78, 5) is 62.9. The number of fused-ring (bicyclic) bond motifs is 2. The number of pyridine rings is 1. The van der Waals surface area contributed by atoms with E-state index >= 15 is 0 Å². The van der Waals surface area contributed by atoms with Crippen molar-refractivity contribution >= 4 is 29.4 Å². The number of anilines is 1. The van der Waals surface area contributed by atoms with Crippen LogP contribution in [-0.4, -0.2) is 62.4 Å². The maximum absolute atomic E-state index is 13.2. The van der Waals surface area contributed by atoms with Crippen LogP contribution in [0.1, 0.15) is 49.0 Å². The Morgan fingerprint density at radius 2 is 2.05 bits per heavy atom. The highest BCUT2D eigenvalue weighted by molar-refractivity contribution is 6.00. The lowest BCUT2D eigenvalue weighted by Crippen LogP contribution is -2.45. The predicted molar refractivity (Wildman–Crippen MR) is 139 cm³/mol. The first-order chi connectivity index (χ1) is 18.7. The molecule has 13 heteroatoms. The van der Waals surface area contributed by atoms with Crippen molar-refractivity contribution in [2.24, 2.45) is 18.9 Å². The summed E-state index contributed by atoms with van der Waals surface area (Å²) in [5, 5.41) is 15.6. The summed E-state index contributed by atoms with van der Waals surface area (Å²) in [5.74, 6) is -0.813. The summed E-state index contributed by atoms with van der Waals surface area (Å²) >= 11 is 0. The zero-order chi connectivity index (χ0) is 27.9. The summed E-state index contributed by atoms with van der Waals surface area (Å²) in [6, 6.07) is 2.10. The Kier molecular flexibility index (Phi) is 8.89. The molecule has 2 fully saturated rings. The van der Waals surface area contributed by atoms with Gasteiger partial charge >= 0.3 is 5.97 Å². The van der Waals surface area contributed by atoms with Gasteiger partial charge in [-0.25, -0.2) is 9.48 Å². The number of hydrogen-bond donors (Lipinski definition) is 3. The first-order valence-corrected chi connectivity index (χ1v) is 12.9. The summed E-state index contributed by atoms with van der Waals surface area (Å²) in [6.45, 7) is -0.164. The molecular weight excluding hydrogens is 506 g/mol. The lowest BCUT2D eigenvalue weighted by atomic mass is 9.95. The van der Waals surface area contributed by atoms with Gasteiger partial charge in [0.15, 0.2) is 0 Å². The van der Waals surface area contributed by atoms with E-state index in [-0.39, 0.29) is 42.7 Å². The summed E-state index contributed by atoms with van der Waals surface area (Å²) in [5.41, 5.74) is -0.427. The fraction of sp³-hybridized carbons (Fsp3) is 0.500. The Bertz CT molecular complexity index is 1320. The van der Waals surface area contributed by atoms with Gasteiger partial charge in [-0.2, -0.15) is 0 Å². The average molecular weight is 540 g/mol. The van der Waals surface area contributed by atoms with Gasteiger partial charge in [0, 0.05) is 25.4 Å². The normalized spacial score (nSPS) is 20.5. The number of hydrogen-bond acceptors (Lipinski definition) is 8. The highest BCUT2D eigenvalue weighted by Crippen LogP contribution is 2.44. The standard InChI is InChI=1S/C26H33N7O6/c1-32-21(14-27-31-32)25(37)29-18(6-3-4-8-23(35)39-2)24(36)30-19-7-5-11-33(26(19)38)15-22(34)28-20-13-16-9-10-17(20)12-16/h4-5,7-8,11,14,16-18,20H,3,6,9-10,12-13,15H2,1-2H3,(H,28,34)(H,29,37)(H,30,36)/b8-4+/t16-,17+,18+,20-/m1/s1. The third-order valence-corrected chi connectivity index (χ3v) is 7.32. The maximum Gasteiger partial charge on any atom is 0.330 e. The van der Waals surface area contributed by atoms with Crippen molar-refractivity contribution in [2.75, 3.05) is 12.4 Å². The van der Waals surface area contributed by atoms with Crippen LogP contribution >= 0.6 is 0 Å². The molecule has 0 saturated heterocycles. The lowest BCUT2D eigenvalue weighted by Gasteiger charge is -2.23. The molecule has 4 rings (SSSR count). The molecule has 0 radical (unpaired) electrons. The van der Waals surface area contributed by atoms with Gasteiger partial charge in [-0.05, 0) is 56.1 Å². The van der Waals surface area contributed by atoms with Crippen LogP contribution in [0.2, 0.25) is 0 Å². The SMILES string of the molecule is COC(=O)/C=C/CC[C@H](NC(=O)c1cnnn1C)C(=O)Nc1cccn(CC(=O)N[C@@H]2C[C@@H]3CC[C@H]2C3)c1=O. The third kappa shape index (κ3) is 6.98. The molecule has 2 heterocycles. The van der Waals surface area contributed by atoms with Crippen LogP contribution in [0, 0.1) is 11.8 Å². The molecule has 2 aromatic heterocycles. The molecular formula is C26H33N7O6. The smallest absolute Gasteiger partial charge is 0.330 e. The second kappa shape index (κ2) is 12.5. The first-order valence-electron chi connectivity index (χ1n) is 12.9. The Hall–Kier alpha value is -4.29. The molecule has 208 valence electrons. The van der Waals surface area contributed by atoms with Gasteiger partial charge in [0.1, 0.15) is 24.0 Å². The Balaban J connectivity index is 1.41. The van der Waals surface area contributed by atoms with E-state index in [0.717, 1.165) is 19.3 Å². The second-order valence-electron chi connectivity index (χ2n) is 9.96. The molecule has 2 aromatic rings. The minimum absolute atomic E-state index is 0.0261. The lowest BCUT2D eigenvalue weighted by molar-refractivity contribution is -0.134. The molecule has 2 saturated carbocycles. The topological polar surface area (TPSA) is 166 Å². The number of methoxy groups -OCH3 is 1. The number of aromatic nitrogens is 4. The van der Waals surface area contributed by atoms with Crippen LogP contribution in [0.5, 0.6) is 0 Å². The molecule has 2 aliphatic rings. The van der Waals surface area contributed by atoms with Crippen molar-refractivity contribution in [3.05, 3.63) is 52.7 Å². The van der Waals surface area contributed by atoms with Crippen molar-refractivity contribution in [1.29, 1.82) is 0 Å². The fourth-order valence-corrected chi connectivity index (χ4v) is 5.31. The van der Waals surface area contributed by atoms with E-state index in [1.807, 2.05) is 0 Å². The van der Waals surface area contributed by atoms with Gasteiger partial charge in [0.05, 0.1) is 13.3 Å². The Morgan fingerprint density at radius 3 is 2.72 bits per heavy atom. The van der Waals surface area contributed by atoms with Crippen molar-refractivity contribution in [3.8, 4) is 0 Å². The highest BCUT2D eigenvalue weighted by atomic mass is 16.5. The van der Waals surface area contributed by atoms with Crippen molar-refractivity contribution < 1.29 is 23.9 Å². The van der Waals surface area contributed by atoms with Gasteiger partial charge in [0.25, 0.3) is 11.5 Å². The van der Waals surface area contributed by atoms with Crippen LogP contribution in [-0.2, 0) is 32.7 Å². The van der Waals surface area contributed by atoms with Gasteiger partial charge in [-0.3, -0.25) is 19.2 Å². The highest BCUT2D eigenvalue weighted by Gasteiger charge is 2.40. The number of aryl methyl sites for hydroxylation is 1. The molecule has 39 heavy (non-hydrogen) atoms. The van der Waals surface area contributed by atoms with E-state index in [0.29, 0.717) is 11.8 Å². The van der Waals surface area contributed by atoms with Crippen LogP contribution in [0.3, 0.4) is 0 Å². The van der Waals surface area contributed by atoms with E-state index < -0.39 is 29.4 Å². The second-order valence-corrected chi connectivity index (χ2v) is 9.96. The zero-order valence-corrected chi connectivity index (χ0v) is 22.0. The number of allylic oxidation sites excluding steroid dienone is 1. The largest absolute Gasteiger partial charge is 0.466 e. The Morgan fingerprint density at radius 1 is 1.23 bits per heavy atom. The van der Waals surface area contributed by atoms with Crippen LogP contribution in [0.25, 0.3) is 0 Å². The molecule has 3 N–H and O–H groups in total. The van der Waals surface area contributed by atoms with E-state index in [4.69, 9.17) is 0 Å². The molecule has 4 atom stereocenters. The van der Waals surface area contributed by atoms with Crippen molar-refractivity contribution in [2.45, 2.75) is 57.2 Å². The van der Waals surface area contributed by atoms with E-state index in [1.54, 1.807) is 6.07 Å². The molecule has 2 aliphatic carbocycles. The number of carbonyl (C=O) groups excluding carboxylic acids is 4. The van der Waals surface area contributed by atoms with Crippen LogP contribution in [0.4, 0.5) is 5.69 Å². The number of nitrogens with zero attached hydrogens (tertiary/aromatic N) is 4. The molecule has 0 spiro atoms. The molecule has 3 amide bonds. The van der Waals surface area contributed by atoms with Crippen molar-refractivity contribution in [1.82, 2.24) is 30.2 Å². The van der Waals surface area contributed by atoms with E-state index in [9.17, 15) is 24.0 Å². The number of carbonyl (C=O) groups is 4. The number of rotatable bonds is 11. The fourth-order valence-electron chi connectivity index (χ4n) is 5.31. The summed E-state index contributed by atoms with van der Waals surface area (Å²) in [7, 11) is 2.79. The minimum Gasteiger partial charge on any atom is -0.466 e. The number of ether oxygens (including phenoxy) is 1. The Labute approximate surface area is 225 Å². The number of amides is 3. The third-order valence-electron chi connectivity index (χ3n) is 7.32. The molecule has 0 unspecified atom stereocenters. The summed E-state index contributed by atoms with van der Waals surface area (Å²) < 4.78 is 7.06. The van der Waals surface area contributed by atoms with Crippen LogP contribution < -0.4 is 21.5 Å². The predicted octanol–water partition coefficient (Wildman–Crippen LogP) is 0.528. The molecule has 0 aromatic carbocycles. The van der Waals surface area contributed by atoms with Gasteiger partial charge in [-0.15, -0.1) is 5.10 Å². The monoisotopic (exact) mass is 539 g/mol. The number of nitrogens with one attached hydrogen (secondary N) is 3. The molecule has 2 bridgehead atoms. The molecule has 0 aliphatic heterocycles. The zero-order valence-electron chi connectivity index (χ0n) is 22.0. The van der Waals surface area contributed by atoms with Gasteiger partial charge in [0.2, 0.25) is 11.8 Å². The van der Waals surface area contributed by atoms with Crippen molar-refractivity contribution in [3.63, 3.8) is 0 Å². The van der Waals surface area contributed by atoms with Gasteiger partial charge < -0.3 is 25.3 Å². The quantitative estimate of drug-likeness (QED) is 0.275. The van der Waals surface area contributed by atoms with E-state index in [2.05, 4.69) is 31.0 Å². The average Bonchev–Trinajstić information content (AvgIpc) is 3.65.